The summed E-state index contributed by atoms with van der Waals surface area (Å²) in [5.74, 6) is 6.46. The van der Waals surface area contributed by atoms with Gasteiger partial charge < -0.3 is 4.57 Å². The Balaban J connectivity index is 1.79. The molecule has 0 bridgehead atoms. The zero-order chi connectivity index (χ0) is 18.8. The topological polar surface area (TPSA) is 48.1 Å². The average Bonchev–Trinajstić information content (AvgIpc) is 3.11. The first-order chi connectivity index (χ1) is 13.1. The van der Waals surface area contributed by atoms with E-state index in [4.69, 9.17) is 0 Å². The smallest absolute Gasteiger partial charge is 0.270 e. The van der Waals surface area contributed by atoms with E-state index >= 15 is 0 Å². The molecule has 0 spiro atoms. The number of rotatable bonds is 2. The van der Waals surface area contributed by atoms with Crippen LogP contribution < -0.4 is 0 Å². The van der Waals surface area contributed by atoms with E-state index in [1.807, 2.05) is 72.3 Å². The van der Waals surface area contributed by atoms with E-state index in [9.17, 15) is 10.1 Å². The minimum absolute atomic E-state index is 0.0905. The minimum Gasteiger partial charge on any atom is -0.315 e. The van der Waals surface area contributed by atoms with Gasteiger partial charge in [-0.3, -0.25) is 10.1 Å². The highest BCUT2D eigenvalue weighted by Gasteiger charge is 2.11. The fraction of sp³-hybridized carbons (Fsp3) is 0.0435. The van der Waals surface area contributed by atoms with Gasteiger partial charge in [-0.25, -0.2) is 0 Å². The molecule has 0 aliphatic heterocycles. The molecule has 0 fully saturated rings. The van der Waals surface area contributed by atoms with Crippen LogP contribution in [0, 0.1) is 28.9 Å². The second-order valence-corrected chi connectivity index (χ2v) is 6.32. The van der Waals surface area contributed by atoms with Crippen molar-refractivity contribution in [2.45, 2.75) is 6.92 Å². The SMILES string of the molecule is Cc1ccc(C#Cc2ccccc2-n2ccc3cc([N+](=O)[O-])ccc32)cc1. The normalized spacial score (nSPS) is 10.4. The van der Waals surface area contributed by atoms with Crippen molar-refractivity contribution in [2.24, 2.45) is 0 Å². The number of nitrogens with zero attached hydrogens (tertiary/aromatic N) is 2. The van der Waals surface area contributed by atoms with Gasteiger partial charge in [0.05, 0.1) is 16.1 Å². The van der Waals surface area contributed by atoms with Crippen molar-refractivity contribution in [3.05, 3.63) is 106 Å². The molecular formula is C23H16N2O2. The largest absolute Gasteiger partial charge is 0.315 e. The van der Waals surface area contributed by atoms with Gasteiger partial charge in [0.15, 0.2) is 0 Å². The number of aromatic nitrogens is 1. The van der Waals surface area contributed by atoms with Crippen LogP contribution in [0.3, 0.4) is 0 Å². The molecule has 0 unspecified atom stereocenters. The molecule has 4 rings (SSSR count). The molecule has 0 atom stereocenters. The molecule has 4 aromatic rings. The summed E-state index contributed by atoms with van der Waals surface area (Å²) in [4.78, 5) is 10.6. The average molecular weight is 352 g/mol. The van der Waals surface area contributed by atoms with Crippen LogP contribution in [0.15, 0.2) is 79.0 Å². The molecular weight excluding hydrogens is 336 g/mol. The lowest BCUT2D eigenvalue weighted by Crippen LogP contribution is -1.96. The fourth-order valence-corrected chi connectivity index (χ4v) is 3.02. The van der Waals surface area contributed by atoms with E-state index in [1.54, 1.807) is 12.1 Å². The standard InChI is InChI=1S/C23H16N2O2/c1-17-6-8-18(9-7-17)10-11-19-4-2-3-5-22(19)24-15-14-20-16-21(25(26)27)12-13-23(20)24/h2-9,12-16H,1H3. The number of para-hydroxylation sites is 1. The lowest BCUT2D eigenvalue weighted by atomic mass is 10.1. The molecule has 0 amide bonds. The first kappa shape index (κ1) is 16.6. The van der Waals surface area contributed by atoms with Crippen LogP contribution in [0.25, 0.3) is 16.6 Å². The molecule has 0 aliphatic carbocycles. The molecule has 130 valence electrons. The minimum atomic E-state index is -0.377. The zero-order valence-electron chi connectivity index (χ0n) is 14.7. The van der Waals surface area contributed by atoms with Gasteiger partial charge in [0.2, 0.25) is 0 Å². The second-order valence-electron chi connectivity index (χ2n) is 6.32. The summed E-state index contributed by atoms with van der Waals surface area (Å²) in [6.45, 7) is 2.05. The highest BCUT2D eigenvalue weighted by Crippen LogP contribution is 2.26. The number of hydrogen-bond acceptors (Lipinski definition) is 2. The van der Waals surface area contributed by atoms with Gasteiger partial charge in [-0.15, -0.1) is 0 Å². The lowest BCUT2D eigenvalue weighted by Gasteiger charge is -2.08. The quantitative estimate of drug-likeness (QED) is 0.281. The number of aryl methyl sites for hydroxylation is 1. The summed E-state index contributed by atoms with van der Waals surface area (Å²) in [7, 11) is 0. The van der Waals surface area contributed by atoms with Gasteiger partial charge in [0.1, 0.15) is 0 Å². The summed E-state index contributed by atoms with van der Waals surface area (Å²) in [5, 5.41) is 11.8. The number of hydrogen-bond donors (Lipinski definition) is 0. The Bertz CT molecular complexity index is 1210. The lowest BCUT2D eigenvalue weighted by molar-refractivity contribution is -0.384. The zero-order valence-corrected chi connectivity index (χ0v) is 14.7. The summed E-state index contributed by atoms with van der Waals surface area (Å²) in [6.07, 6.45) is 1.92. The predicted octanol–water partition coefficient (Wildman–Crippen LogP) is 5.25. The Hall–Kier alpha value is -3.84. The van der Waals surface area contributed by atoms with E-state index in [1.165, 1.54) is 11.6 Å². The van der Waals surface area contributed by atoms with E-state index in [0.29, 0.717) is 0 Å². The van der Waals surface area contributed by atoms with Crippen LogP contribution in [0.2, 0.25) is 0 Å². The highest BCUT2D eigenvalue weighted by atomic mass is 16.6. The maximum atomic E-state index is 11.0. The van der Waals surface area contributed by atoms with E-state index < -0.39 is 0 Å². The summed E-state index contributed by atoms with van der Waals surface area (Å²) < 4.78 is 2.01. The Labute approximate surface area is 156 Å². The van der Waals surface area contributed by atoms with Gasteiger partial charge in [0.25, 0.3) is 5.69 Å². The number of nitro groups is 1. The van der Waals surface area contributed by atoms with Crippen molar-refractivity contribution in [3.63, 3.8) is 0 Å². The fourth-order valence-electron chi connectivity index (χ4n) is 3.02. The maximum absolute atomic E-state index is 11.0. The summed E-state index contributed by atoms with van der Waals surface area (Å²) >= 11 is 0. The Morgan fingerprint density at radius 3 is 2.48 bits per heavy atom. The van der Waals surface area contributed by atoms with E-state index in [0.717, 1.165) is 27.7 Å². The molecule has 0 aliphatic rings. The molecule has 27 heavy (non-hydrogen) atoms. The number of nitro benzene ring substituents is 1. The Kier molecular flexibility index (Phi) is 4.19. The Morgan fingerprint density at radius 2 is 1.70 bits per heavy atom. The van der Waals surface area contributed by atoms with Crippen LogP contribution >= 0.6 is 0 Å². The van der Waals surface area contributed by atoms with Crippen molar-refractivity contribution in [2.75, 3.05) is 0 Å². The van der Waals surface area contributed by atoms with Crippen LogP contribution in [-0.4, -0.2) is 9.49 Å². The Morgan fingerprint density at radius 1 is 0.926 bits per heavy atom. The van der Waals surface area contributed by atoms with Crippen molar-refractivity contribution in [1.29, 1.82) is 0 Å². The second kappa shape index (κ2) is 6.81. The summed E-state index contributed by atoms with van der Waals surface area (Å²) in [6, 6.07) is 22.8. The number of fused-ring (bicyclic) bond motifs is 1. The third-order valence-corrected chi connectivity index (χ3v) is 4.44. The van der Waals surface area contributed by atoms with Crippen LogP contribution in [0.1, 0.15) is 16.7 Å². The first-order valence-electron chi connectivity index (χ1n) is 8.55. The van der Waals surface area contributed by atoms with Gasteiger partial charge in [-0.05, 0) is 43.3 Å². The van der Waals surface area contributed by atoms with E-state index in [2.05, 4.69) is 11.8 Å². The molecule has 4 nitrogen and oxygen atoms in total. The first-order valence-corrected chi connectivity index (χ1v) is 8.55. The van der Waals surface area contributed by atoms with Crippen molar-refractivity contribution in [1.82, 2.24) is 4.57 Å². The maximum Gasteiger partial charge on any atom is 0.270 e. The molecule has 4 heteroatoms. The van der Waals surface area contributed by atoms with Crippen molar-refractivity contribution in [3.8, 4) is 17.5 Å². The highest BCUT2D eigenvalue weighted by molar-refractivity contribution is 5.84. The molecule has 0 saturated heterocycles. The van der Waals surface area contributed by atoms with Crippen LogP contribution in [0.4, 0.5) is 5.69 Å². The third kappa shape index (κ3) is 3.31. The monoisotopic (exact) mass is 352 g/mol. The number of non-ortho nitro benzene ring substituents is 1. The molecule has 1 aromatic heterocycles. The molecule has 0 saturated carbocycles. The number of benzene rings is 3. The van der Waals surface area contributed by atoms with Crippen molar-refractivity contribution >= 4 is 16.6 Å². The van der Waals surface area contributed by atoms with Gasteiger partial charge >= 0.3 is 0 Å². The van der Waals surface area contributed by atoms with Gasteiger partial charge in [-0.2, -0.15) is 0 Å². The summed E-state index contributed by atoms with van der Waals surface area (Å²) in [5.41, 5.74) is 5.00. The van der Waals surface area contributed by atoms with Crippen LogP contribution in [0.5, 0.6) is 0 Å². The van der Waals surface area contributed by atoms with Gasteiger partial charge in [0, 0.05) is 34.8 Å². The molecule has 0 radical (unpaired) electrons. The third-order valence-electron chi connectivity index (χ3n) is 4.44. The predicted molar refractivity (Wildman–Crippen MR) is 107 cm³/mol. The molecule has 0 N–H and O–H groups in total. The molecule has 1 heterocycles. The van der Waals surface area contributed by atoms with Gasteiger partial charge in [-0.1, -0.05) is 41.7 Å². The van der Waals surface area contributed by atoms with Crippen LogP contribution in [-0.2, 0) is 0 Å². The van der Waals surface area contributed by atoms with E-state index in [-0.39, 0.29) is 10.6 Å². The molecule has 3 aromatic carbocycles. The van der Waals surface area contributed by atoms with Crippen molar-refractivity contribution < 1.29 is 4.92 Å².